The molecule has 0 saturated heterocycles. The summed E-state index contributed by atoms with van der Waals surface area (Å²) in [4.78, 5) is 0. The number of unbranched alkanes of at least 4 members (excludes halogenated alkanes) is 2. The molecule has 4 aromatic rings. The number of aryl methyl sites for hydroxylation is 4. The first-order chi connectivity index (χ1) is 24.6. The van der Waals surface area contributed by atoms with Gasteiger partial charge in [0.1, 0.15) is 0 Å². The molecule has 0 aromatic heterocycles. The van der Waals surface area contributed by atoms with Gasteiger partial charge in [-0.2, -0.15) is 0 Å². The second-order valence-electron chi connectivity index (χ2n) is 18.2. The van der Waals surface area contributed by atoms with Gasteiger partial charge in [-0.05, 0) is 0 Å². The molecule has 0 spiro atoms. The predicted octanol–water partition coefficient (Wildman–Crippen LogP) is 8.14. The molecule has 0 saturated carbocycles. The van der Waals surface area contributed by atoms with Crippen LogP contribution < -0.4 is 28.1 Å². The van der Waals surface area contributed by atoms with E-state index in [2.05, 4.69) is 162 Å². The largest absolute Gasteiger partial charge is 1.00 e. The number of hydrogen-bond acceptors (Lipinski definition) is 0. The second kappa shape index (κ2) is 17.9. The van der Waals surface area contributed by atoms with Crippen molar-refractivity contribution in [3.63, 3.8) is 0 Å². The topological polar surface area (TPSA) is 0 Å². The first-order valence-electron chi connectivity index (χ1n) is 20.2. The molecule has 0 atom stereocenters. The SMILES string of the molecule is CCCC[C](CCCC)=[Zr+2]([c]1c2c(cc(C(C)(C)C)c1-c1cc(C)cc(C)c1)-c1cc(C(C)(C)C)c(-c3cc(C)cc(C)c3)cc1C2)[CH]1C=CC=C1.[Cl-].[Cl-]. The van der Waals surface area contributed by atoms with E-state index in [0.29, 0.717) is 3.63 Å². The van der Waals surface area contributed by atoms with Crippen molar-refractivity contribution in [1.82, 2.24) is 0 Å². The summed E-state index contributed by atoms with van der Waals surface area (Å²) in [6.07, 6.45) is 18.6. The van der Waals surface area contributed by atoms with Crippen molar-refractivity contribution in [2.24, 2.45) is 0 Å². The third-order valence-electron chi connectivity index (χ3n) is 11.4. The molecule has 2 aliphatic carbocycles. The molecule has 0 aliphatic heterocycles. The monoisotopic (exact) mass is 836 g/mol. The summed E-state index contributed by atoms with van der Waals surface area (Å²) >= 11 is -2.59. The van der Waals surface area contributed by atoms with Crippen LogP contribution in [0.3, 0.4) is 0 Å². The van der Waals surface area contributed by atoms with Crippen molar-refractivity contribution < 1.29 is 46.1 Å². The van der Waals surface area contributed by atoms with Gasteiger partial charge in [0.25, 0.3) is 0 Å². The molecule has 0 N–H and O–H groups in total. The summed E-state index contributed by atoms with van der Waals surface area (Å²) in [6, 6.07) is 22.4. The van der Waals surface area contributed by atoms with E-state index in [-0.39, 0.29) is 35.6 Å². The molecule has 0 radical (unpaired) electrons. The molecule has 0 heterocycles. The van der Waals surface area contributed by atoms with Crippen molar-refractivity contribution in [2.75, 3.05) is 0 Å². The van der Waals surface area contributed by atoms with Gasteiger partial charge in [0, 0.05) is 0 Å². The number of benzene rings is 4. The van der Waals surface area contributed by atoms with Gasteiger partial charge < -0.3 is 24.8 Å². The fraction of sp³-hybridized carbons (Fsp3) is 0.431. The zero-order chi connectivity index (χ0) is 37.5. The Balaban J connectivity index is 0.00000325. The first-order valence-corrected chi connectivity index (χ1v) is 24.1. The number of fused-ring (bicyclic) bond motifs is 3. The Kier molecular flexibility index (Phi) is 14.7. The van der Waals surface area contributed by atoms with E-state index in [1.165, 1.54) is 105 Å². The number of rotatable bonds is 10. The standard InChI is InChI=1S/C37H41.C9H18.C5H5.2ClH.Zr/c1-22-11-23(2)14-26(13-22)32-18-28-17-29-19-33(27-15-24(3)12-25(4)16-27)35(37(8,9)10)21-31(29)30(28)20-34(32)36(5,6)7;1-3-5-7-9-8-6-4-2;1-2-4-5-3-1;;;/h11-16,18,20-21H,17H2,1-10H3;3-8H2,1-2H3;1-5H;2*1H;/q;;;;;+2/p-2. The van der Waals surface area contributed by atoms with E-state index >= 15 is 0 Å². The van der Waals surface area contributed by atoms with Crippen molar-refractivity contribution in [1.29, 1.82) is 0 Å². The fourth-order valence-corrected chi connectivity index (χ4v) is 18.3. The summed E-state index contributed by atoms with van der Waals surface area (Å²) in [6.45, 7) is 28.4. The van der Waals surface area contributed by atoms with Gasteiger partial charge in [0.05, 0.1) is 0 Å². The van der Waals surface area contributed by atoms with Crippen LogP contribution in [0.2, 0.25) is 3.63 Å². The Hall–Kier alpha value is -2.31. The van der Waals surface area contributed by atoms with Crippen LogP contribution in [0.5, 0.6) is 0 Å². The van der Waals surface area contributed by atoms with E-state index in [0.717, 1.165) is 6.42 Å². The molecule has 54 heavy (non-hydrogen) atoms. The average Bonchev–Trinajstić information content (AvgIpc) is 3.71. The van der Waals surface area contributed by atoms with Crippen LogP contribution in [0.15, 0.2) is 78.9 Å². The quantitative estimate of drug-likeness (QED) is 0.133. The van der Waals surface area contributed by atoms with Crippen LogP contribution in [-0.2, 0) is 38.5 Å². The summed E-state index contributed by atoms with van der Waals surface area (Å²) in [7, 11) is 0. The maximum absolute atomic E-state index is 2.67. The summed E-state index contributed by atoms with van der Waals surface area (Å²) in [5.41, 5.74) is 20.4. The molecule has 4 aromatic carbocycles. The summed E-state index contributed by atoms with van der Waals surface area (Å²) in [5, 5.41) is 0. The van der Waals surface area contributed by atoms with Crippen LogP contribution in [0, 0.1) is 27.7 Å². The molecule has 0 amide bonds. The van der Waals surface area contributed by atoms with E-state index in [4.69, 9.17) is 0 Å². The molecule has 286 valence electrons. The zero-order valence-corrected chi connectivity index (χ0v) is 39.3. The average molecular weight is 839 g/mol. The van der Waals surface area contributed by atoms with Gasteiger partial charge >= 0.3 is 327 Å². The van der Waals surface area contributed by atoms with E-state index in [1.807, 2.05) is 3.21 Å². The Labute approximate surface area is 349 Å². The first kappa shape index (κ1) is 44.4. The number of halogens is 2. The van der Waals surface area contributed by atoms with E-state index < -0.39 is 21.3 Å². The minimum absolute atomic E-state index is 0. The van der Waals surface area contributed by atoms with Gasteiger partial charge in [0.15, 0.2) is 0 Å². The Morgan fingerprint density at radius 3 is 1.56 bits per heavy atom. The smallest absolute Gasteiger partial charge is 1.00 e. The van der Waals surface area contributed by atoms with Gasteiger partial charge in [-0.3, -0.25) is 0 Å². The third-order valence-corrected chi connectivity index (χ3v) is 19.8. The zero-order valence-electron chi connectivity index (χ0n) is 35.3. The molecule has 0 nitrogen and oxygen atoms in total. The van der Waals surface area contributed by atoms with Crippen molar-refractivity contribution in [3.05, 3.63) is 123 Å². The summed E-state index contributed by atoms with van der Waals surface area (Å²) in [5.74, 6) is 0. The molecular weight excluding hydrogens is 775 g/mol. The molecule has 0 unspecified atom stereocenters. The van der Waals surface area contributed by atoms with Crippen molar-refractivity contribution >= 4 is 6.48 Å². The minimum Gasteiger partial charge on any atom is -1.00 e. The second-order valence-corrected chi connectivity index (χ2v) is 24.8. The van der Waals surface area contributed by atoms with E-state index in [1.54, 1.807) is 14.4 Å². The Morgan fingerprint density at radius 1 is 0.593 bits per heavy atom. The predicted molar refractivity (Wildman–Crippen MR) is 228 cm³/mol. The van der Waals surface area contributed by atoms with Crippen molar-refractivity contribution in [3.8, 4) is 33.4 Å². The molecule has 3 heteroatoms. The van der Waals surface area contributed by atoms with Gasteiger partial charge in [-0.15, -0.1) is 0 Å². The Morgan fingerprint density at radius 2 is 1.07 bits per heavy atom. The number of allylic oxidation sites excluding steroid dienone is 4. The van der Waals surface area contributed by atoms with Crippen LogP contribution in [0.1, 0.15) is 138 Å². The van der Waals surface area contributed by atoms with Gasteiger partial charge in [-0.1, -0.05) is 0 Å². The Bertz CT molecular complexity index is 2030. The molecule has 0 fully saturated rings. The van der Waals surface area contributed by atoms with Crippen LogP contribution in [0.25, 0.3) is 33.4 Å². The van der Waals surface area contributed by atoms with Gasteiger partial charge in [-0.25, -0.2) is 0 Å². The van der Waals surface area contributed by atoms with Crippen LogP contribution in [0.4, 0.5) is 0 Å². The minimum atomic E-state index is -2.59. The third kappa shape index (κ3) is 9.28. The van der Waals surface area contributed by atoms with Crippen molar-refractivity contribution in [2.45, 2.75) is 142 Å². The molecule has 2 aliphatic rings. The van der Waals surface area contributed by atoms with Crippen LogP contribution >= 0.6 is 0 Å². The molecule has 6 rings (SSSR count). The normalized spacial score (nSPS) is 13.2. The maximum atomic E-state index is 2.67. The fourth-order valence-electron chi connectivity index (χ4n) is 9.05. The van der Waals surface area contributed by atoms with Gasteiger partial charge in [0.2, 0.25) is 0 Å². The summed E-state index contributed by atoms with van der Waals surface area (Å²) < 4.78 is 4.32. The molecular formula is C51H64Cl2Zr. The maximum Gasteiger partial charge on any atom is -1.00 e. The van der Waals surface area contributed by atoms with E-state index in [9.17, 15) is 0 Å². The van der Waals surface area contributed by atoms with Crippen LogP contribution in [-0.4, -0.2) is 3.21 Å². The molecule has 0 bridgehead atoms. The number of hydrogen-bond donors (Lipinski definition) is 0.